The van der Waals surface area contributed by atoms with Crippen LogP contribution in [0.5, 0.6) is 0 Å². The van der Waals surface area contributed by atoms with Gasteiger partial charge >= 0.3 is 11.9 Å². The van der Waals surface area contributed by atoms with E-state index in [0.29, 0.717) is 11.2 Å². The zero-order valence-corrected chi connectivity index (χ0v) is 26.0. The van der Waals surface area contributed by atoms with E-state index < -0.39 is 55.8 Å². The van der Waals surface area contributed by atoms with Crippen LogP contribution in [0.4, 0.5) is 5.82 Å². The van der Waals surface area contributed by atoms with Crippen LogP contribution in [0.1, 0.15) is 54.0 Å². The van der Waals surface area contributed by atoms with Crippen molar-refractivity contribution in [3.8, 4) is 0 Å². The maximum Gasteiger partial charge on any atom is 0.336 e. The second-order valence-corrected chi connectivity index (χ2v) is 13.1. The van der Waals surface area contributed by atoms with E-state index in [9.17, 15) is 14.2 Å². The lowest BCUT2D eigenvalue weighted by molar-refractivity contribution is -0.156. The number of fused-ring (bicyclic) bond motifs is 1. The summed E-state index contributed by atoms with van der Waals surface area (Å²) in [6, 6.07) is 9.15. The summed E-state index contributed by atoms with van der Waals surface area (Å²) < 4.78 is 39.0. The first-order chi connectivity index (χ1) is 19.7. The van der Waals surface area contributed by atoms with Gasteiger partial charge in [-0.25, -0.2) is 24.8 Å². The van der Waals surface area contributed by atoms with Gasteiger partial charge in [-0.2, -0.15) is 0 Å². The van der Waals surface area contributed by atoms with Crippen molar-refractivity contribution in [3.63, 3.8) is 0 Å². The van der Waals surface area contributed by atoms with Crippen LogP contribution in [0.25, 0.3) is 11.2 Å². The number of hydrogen-bond donors (Lipinski definition) is 2. The summed E-state index contributed by atoms with van der Waals surface area (Å²) >= 11 is 0. The number of carbonyl (C=O) groups is 2. The molecule has 0 unspecified atom stereocenters. The molecule has 42 heavy (non-hydrogen) atoms. The van der Waals surface area contributed by atoms with Gasteiger partial charge in [0.2, 0.25) is 0 Å². The topological polar surface area (TPSA) is 170 Å². The van der Waals surface area contributed by atoms with Crippen LogP contribution in [-0.2, 0) is 45.9 Å². The number of nitrogens with zero attached hydrogens (tertiary/aromatic N) is 4. The van der Waals surface area contributed by atoms with Crippen molar-refractivity contribution in [2.45, 2.75) is 91.4 Å². The van der Waals surface area contributed by atoms with Crippen LogP contribution < -0.4 is 10.8 Å². The summed E-state index contributed by atoms with van der Waals surface area (Å²) in [5.41, 5.74) is 6.20. The van der Waals surface area contributed by atoms with Gasteiger partial charge in [-0.05, 0) is 54.0 Å². The number of hydrogen-bond acceptors (Lipinski definition) is 11. The van der Waals surface area contributed by atoms with Crippen molar-refractivity contribution in [1.29, 1.82) is 0 Å². The van der Waals surface area contributed by atoms with E-state index >= 15 is 0 Å². The first-order valence-corrected chi connectivity index (χ1v) is 15.6. The molecule has 2 aromatic heterocycles. The summed E-state index contributed by atoms with van der Waals surface area (Å²) in [5.74, 6) is -1.07. The molecule has 0 radical (unpaired) electrons. The van der Waals surface area contributed by atoms with Crippen LogP contribution in [0.15, 0.2) is 43.0 Å². The van der Waals surface area contributed by atoms with E-state index in [1.54, 1.807) is 45.5 Å². The number of aromatic nitrogens is 4. The van der Waals surface area contributed by atoms with Gasteiger partial charge in [-0.1, -0.05) is 30.3 Å². The maximum absolute atomic E-state index is 14.4. The van der Waals surface area contributed by atoms with Crippen molar-refractivity contribution in [1.82, 2.24) is 24.6 Å². The number of nitrogens with one attached hydrogen (secondary N) is 1. The number of carbonyl (C=O) groups excluding carboxylic acids is 2. The van der Waals surface area contributed by atoms with E-state index in [2.05, 4.69) is 20.0 Å². The molecule has 3 rings (SSSR count). The Balaban J connectivity index is 1.86. The van der Waals surface area contributed by atoms with Gasteiger partial charge in [0.1, 0.15) is 23.7 Å². The van der Waals surface area contributed by atoms with E-state index in [0.717, 1.165) is 5.56 Å². The SMILES string of the molecule is CC(C)OC(=O)[C@H](Cc1ccccc1)O[P@@](=O)(CO[C@H](C)Cn1cnc2c(N)ncnc21)NC(C)(C)C(=O)OC(C)C. The first kappa shape index (κ1) is 33.1. The summed E-state index contributed by atoms with van der Waals surface area (Å²) in [6.45, 7) is 12.0. The van der Waals surface area contributed by atoms with E-state index in [1.807, 2.05) is 30.3 Å². The molecule has 0 amide bonds. The van der Waals surface area contributed by atoms with E-state index in [1.165, 1.54) is 20.2 Å². The summed E-state index contributed by atoms with van der Waals surface area (Å²) in [7, 11) is -4.07. The number of benzene rings is 1. The third kappa shape index (κ3) is 9.32. The molecule has 0 aliphatic heterocycles. The van der Waals surface area contributed by atoms with Gasteiger partial charge in [0.05, 0.1) is 31.2 Å². The van der Waals surface area contributed by atoms with Crippen molar-refractivity contribution < 1.29 is 32.9 Å². The molecule has 0 fully saturated rings. The van der Waals surface area contributed by atoms with Gasteiger partial charge in [0.15, 0.2) is 17.6 Å². The first-order valence-electron chi connectivity index (χ1n) is 13.7. The van der Waals surface area contributed by atoms with Gasteiger partial charge < -0.3 is 29.0 Å². The Morgan fingerprint density at radius 3 is 2.33 bits per heavy atom. The number of nitrogens with two attached hydrogens (primary N) is 1. The fraction of sp³-hybridized carbons (Fsp3) is 0.536. The predicted molar refractivity (Wildman–Crippen MR) is 157 cm³/mol. The lowest BCUT2D eigenvalue weighted by atomic mass is 10.1. The quantitative estimate of drug-likeness (QED) is 0.190. The highest BCUT2D eigenvalue weighted by molar-refractivity contribution is 7.56. The molecule has 3 atom stereocenters. The fourth-order valence-corrected chi connectivity index (χ4v) is 6.16. The average Bonchev–Trinajstić information content (AvgIpc) is 3.30. The van der Waals surface area contributed by atoms with E-state index in [4.69, 9.17) is 24.5 Å². The number of rotatable bonds is 15. The molecule has 230 valence electrons. The van der Waals surface area contributed by atoms with Gasteiger partial charge in [0, 0.05) is 6.42 Å². The standard InChI is InChI=1S/C28H41N6O7P/c1-18(2)39-26(35)22(13-21-11-9-8-10-12-21)41-42(37,33-28(6,7)27(36)40-19(3)4)17-38-20(5)14-34-16-32-23-24(29)30-15-31-25(23)34/h8-12,15-16,18-20,22H,13-14,17H2,1-7H3,(H,33,37)(H2,29,30,31)/t20-,22+,42+/m1/s1. The molecule has 14 heteroatoms. The Labute approximate surface area is 246 Å². The van der Waals surface area contributed by atoms with Crippen LogP contribution in [-0.4, -0.2) is 67.8 Å². The third-order valence-corrected chi connectivity index (χ3v) is 7.88. The number of nitrogen functional groups attached to an aromatic ring is 1. The Morgan fingerprint density at radius 1 is 1.02 bits per heavy atom. The molecule has 0 aliphatic rings. The smallest absolute Gasteiger partial charge is 0.336 e. The lowest BCUT2D eigenvalue weighted by Gasteiger charge is -2.32. The Morgan fingerprint density at radius 2 is 1.69 bits per heavy atom. The molecule has 3 N–H and O–H groups in total. The van der Waals surface area contributed by atoms with Gasteiger partial charge in [0.25, 0.3) is 7.52 Å². The van der Waals surface area contributed by atoms with Crippen LogP contribution >= 0.6 is 7.52 Å². The average molecular weight is 605 g/mol. The Bertz CT molecular complexity index is 1400. The van der Waals surface area contributed by atoms with Crippen molar-refractivity contribution in [2.24, 2.45) is 0 Å². The zero-order chi connectivity index (χ0) is 31.1. The number of ether oxygens (including phenoxy) is 3. The number of imidazole rings is 1. The second-order valence-electron chi connectivity index (χ2n) is 11.1. The largest absolute Gasteiger partial charge is 0.462 e. The van der Waals surface area contributed by atoms with Crippen LogP contribution in [0.2, 0.25) is 0 Å². The third-order valence-electron chi connectivity index (χ3n) is 5.89. The van der Waals surface area contributed by atoms with Crippen LogP contribution in [0.3, 0.4) is 0 Å². The second kappa shape index (κ2) is 14.2. The normalized spacial score (nSPS) is 15.0. The van der Waals surface area contributed by atoms with Gasteiger partial charge in [-0.3, -0.25) is 9.36 Å². The summed E-state index contributed by atoms with van der Waals surface area (Å²) in [4.78, 5) is 38.4. The lowest BCUT2D eigenvalue weighted by Crippen LogP contribution is -2.48. The fourth-order valence-electron chi connectivity index (χ4n) is 4.01. The molecule has 0 bridgehead atoms. The summed E-state index contributed by atoms with van der Waals surface area (Å²) in [5, 5.41) is 2.82. The molecule has 2 heterocycles. The highest BCUT2D eigenvalue weighted by Crippen LogP contribution is 2.47. The molecule has 3 aromatic rings. The maximum atomic E-state index is 14.4. The summed E-state index contributed by atoms with van der Waals surface area (Å²) in [6.07, 6.45) is -0.0577. The minimum Gasteiger partial charge on any atom is -0.462 e. The molecule has 13 nitrogen and oxygen atoms in total. The number of esters is 2. The van der Waals surface area contributed by atoms with E-state index in [-0.39, 0.29) is 18.8 Å². The minimum absolute atomic E-state index is 0.0899. The Hall–Kier alpha value is -3.38. The van der Waals surface area contributed by atoms with Crippen LogP contribution in [0, 0.1) is 0 Å². The highest BCUT2D eigenvalue weighted by Gasteiger charge is 2.42. The molecular formula is C28H41N6O7P. The molecule has 0 spiro atoms. The molecule has 0 saturated heterocycles. The van der Waals surface area contributed by atoms with Crippen molar-refractivity contribution in [3.05, 3.63) is 48.5 Å². The van der Waals surface area contributed by atoms with Crippen molar-refractivity contribution in [2.75, 3.05) is 12.1 Å². The van der Waals surface area contributed by atoms with Gasteiger partial charge in [-0.15, -0.1) is 0 Å². The molecule has 0 saturated carbocycles. The Kier molecular flexibility index (Phi) is 11.2. The number of anilines is 1. The monoisotopic (exact) mass is 604 g/mol. The molecule has 0 aliphatic carbocycles. The zero-order valence-electron chi connectivity index (χ0n) is 25.1. The minimum atomic E-state index is -4.07. The predicted octanol–water partition coefficient (Wildman–Crippen LogP) is 3.86. The molecular weight excluding hydrogens is 563 g/mol. The highest BCUT2D eigenvalue weighted by atomic mass is 31.2. The molecule has 1 aromatic carbocycles. The van der Waals surface area contributed by atoms with Crippen molar-refractivity contribution >= 4 is 36.4 Å².